The van der Waals surface area contributed by atoms with Gasteiger partial charge in [0.15, 0.2) is 0 Å². The zero-order valence-electron chi connectivity index (χ0n) is 17.6. The number of H-pyrrole nitrogens is 1. The predicted octanol–water partition coefficient (Wildman–Crippen LogP) is 3.91. The number of aromatic amines is 1. The van der Waals surface area contributed by atoms with Gasteiger partial charge < -0.3 is 9.55 Å². The molecule has 1 atom stereocenters. The number of benzene rings is 2. The number of pyridine rings is 1. The summed E-state index contributed by atoms with van der Waals surface area (Å²) in [5.74, 6) is -0.752. The van der Waals surface area contributed by atoms with Crippen LogP contribution in [0.3, 0.4) is 0 Å². The number of aromatic nitrogens is 2. The van der Waals surface area contributed by atoms with E-state index in [1.54, 1.807) is 41.8 Å². The Bertz CT molecular complexity index is 1410. The highest BCUT2D eigenvalue weighted by molar-refractivity contribution is 7.83. The van der Waals surface area contributed by atoms with Crippen LogP contribution >= 0.6 is 0 Å². The van der Waals surface area contributed by atoms with Gasteiger partial charge in [-0.3, -0.25) is 14.3 Å². The second kappa shape index (κ2) is 8.92. The van der Waals surface area contributed by atoms with Gasteiger partial charge in [-0.25, -0.2) is 8.60 Å². The standard InChI is InChI=1S/C24H22FN3O3S/c1-3-32(31)27-24(30)22-21(17-8-6-12-26-23(17)29)18-13-15(2)10-11-20(18)28(22)14-16-7-4-5-9-19(16)25/h4-13H,3,14H2,1-2H3,(H,26,29)(H,27,30). The van der Waals surface area contributed by atoms with Crippen LogP contribution in [-0.4, -0.2) is 25.4 Å². The first-order valence-corrected chi connectivity index (χ1v) is 11.5. The number of carbonyl (C=O) groups is 1. The molecule has 4 aromatic rings. The molecule has 0 aliphatic heterocycles. The van der Waals surface area contributed by atoms with Gasteiger partial charge in [-0.2, -0.15) is 0 Å². The first-order valence-electron chi connectivity index (χ1n) is 10.1. The second-order valence-corrected chi connectivity index (χ2v) is 8.87. The molecule has 0 aliphatic rings. The van der Waals surface area contributed by atoms with Crippen LogP contribution in [0.4, 0.5) is 4.39 Å². The highest BCUT2D eigenvalue weighted by Gasteiger charge is 2.26. The molecule has 0 bridgehead atoms. The van der Waals surface area contributed by atoms with Crippen molar-refractivity contribution >= 4 is 27.8 Å². The summed E-state index contributed by atoms with van der Waals surface area (Å²) in [6, 6.07) is 15.3. The molecule has 2 heterocycles. The van der Waals surface area contributed by atoms with Crippen molar-refractivity contribution in [3.05, 3.63) is 93.8 Å². The molecular formula is C24H22FN3O3S. The fraction of sp³-hybridized carbons (Fsp3) is 0.167. The minimum absolute atomic E-state index is 0.0679. The van der Waals surface area contributed by atoms with E-state index in [-0.39, 0.29) is 23.6 Å². The Morgan fingerprint density at radius 3 is 2.66 bits per heavy atom. The van der Waals surface area contributed by atoms with Gasteiger partial charge in [0, 0.05) is 39.5 Å². The molecule has 0 radical (unpaired) electrons. The molecule has 0 saturated carbocycles. The SMILES string of the molecule is CCS(=O)NC(=O)c1c(-c2ccc[nH]c2=O)c2cc(C)ccc2n1Cc1ccccc1F. The van der Waals surface area contributed by atoms with Crippen LogP contribution in [0.2, 0.25) is 0 Å². The Morgan fingerprint density at radius 2 is 1.94 bits per heavy atom. The summed E-state index contributed by atoms with van der Waals surface area (Å²) < 4.78 is 30.8. The summed E-state index contributed by atoms with van der Waals surface area (Å²) in [5, 5.41) is 0.686. The molecule has 0 saturated heterocycles. The Hall–Kier alpha value is -3.52. The van der Waals surface area contributed by atoms with Crippen LogP contribution in [0.25, 0.3) is 22.0 Å². The number of fused-ring (bicyclic) bond motifs is 1. The van der Waals surface area contributed by atoms with Crippen molar-refractivity contribution in [2.75, 3.05) is 5.75 Å². The summed E-state index contributed by atoms with van der Waals surface area (Å²) >= 11 is 0. The molecule has 32 heavy (non-hydrogen) atoms. The maximum Gasteiger partial charge on any atom is 0.280 e. The van der Waals surface area contributed by atoms with E-state index in [1.165, 1.54) is 12.3 Å². The first-order chi connectivity index (χ1) is 15.4. The maximum absolute atomic E-state index is 14.5. The number of hydrogen-bond donors (Lipinski definition) is 2. The van der Waals surface area contributed by atoms with E-state index in [2.05, 4.69) is 9.71 Å². The van der Waals surface area contributed by atoms with Crippen molar-refractivity contribution in [2.45, 2.75) is 20.4 Å². The van der Waals surface area contributed by atoms with E-state index in [9.17, 15) is 18.2 Å². The van der Waals surface area contributed by atoms with Crippen LogP contribution in [0.5, 0.6) is 0 Å². The van der Waals surface area contributed by atoms with Crippen LogP contribution in [0.15, 0.2) is 65.6 Å². The van der Waals surface area contributed by atoms with Gasteiger partial charge >= 0.3 is 0 Å². The van der Waals surface area contributed by atoms with Gasteiger partial charge in [-0.05, 0) is 37.3 Å². The monoisotopic (exact) mass is 451 g/mol. The highest BCUT2D eigenvalue weighted by Crippen LogP contribution is 2.35. The topological polar surface area (TPSA) is 84.0 Å². The molecule has 6 nitrogen and oxygen atoms in total. The fourth-order valence-corrected chi connectivity index (χ4v) is 4.23. The third-order valence-electron chi connectivity index (χ3n) is 5.28. The van der Waals surface area contributed by atoms with Crippen LogP contribution < -0.4 is 10.3 Å². The molecule has 4 rings (SSSR count). The van der Waals surface area contributed by atoms with E-state index in [0.717, 1.165) is 5.56 Å². The van der Waals surface area contributed by atoms with Crippen LogP contribution in [0, 0.1) is 12.7 Å². The van der Waals surface area contributed by atoms with Gasteiger partial charge in [0.25, 0.3) is 11.5 Å². The summed E-state index contributed by atoms with van der Waals surface area (Å²) in [5.41, 5.74) is 2.54. The zero-order valence-corrected chi connectivity index (χ0v) is 18.5. The molecule has 0 spiro atoms. The first kappa shape index (κ1) is 21.7. The molecule has 1 unspecified atom stereocenters. The van der Waals surface area contributed by atoms with E-state index in [1.807, 2.05) is 25.1 Å². The van der Waals surface area contributed by atoms with Gasteiger partial charge in [0.05, 0.1) is 6.54 Å². The van der Waals surface area contributed by atoms with Crippen molar-refractivity contribution < 1.29 is 13.4 Å². The summed E-state index contributed by atoms with van der Waals surface area (Å²) in [4.78, 5) is 28.7. The minimum atomic E-state index is -1.59. The number of nitrogens with zero attached hydrogens (tertiary/aromatic N) is 1. The lowest BCUT2D eigenvalue weighted by Crippen LogP contribution is -2.29. The smallest absolute Gasteiger partial charge is 0.280 e. The van der Waals surface area contributed by atoms with Crippen molar-refractivity contribution in [1.82, 2.24) is 14.3 Å². The van der Waals surface area contributed by atoms with Gasteiger partial charge in [0.1, 0.15) is 22.5 Å². The fourth-order valence-electron chi connectivity index (χ4n) is 3.78. The summed E-state index contributed by atoms with van der Waals surface area (Å²) in [6.45, 7) is 3.68. The molecule has 164 valence electrons. The average molecular weight is 452 g/mol. The van der Waals surface area contributed by atoms with Crippen molar-refractivity contribution in [3.8, 4) is 11.1 Å². The van der Waals surface area contributed by atoms with Crippen molar-refractivity contribution in [3.63, 3.8) is 0 Å². The molecule has 0 fully saturated rings. The Morgan fingerprint density at radius 1 is 1.16 bits per heavy atom. The Labute approximate surface area is 186 Å². The van der Waals surface area contributed by atoms with E-state index < -0.39 is 22.7 Å². The number of amides is 1. The molecular weight excluding hydrogens is 429 g/mol. The number of carbonyl (C=O) groups excluding carboxylic acids is 1. The Kier molecular flexibility index (Phi) is 6.05. The van der Waals surface area contributed by atoms with Gasteiger partial charge in [0.2, 0.25) is 0 Å². The number of aryl methyl sites for hydroxylation is 1. The highest BCUT2D eigenvalue weighted by atomic mass is 32.2. The van der Waals surface area contributed by atoms with Gasteiger partial charge in [-0.15, -0.1) is 0 Å². The van der Waals surface area contributed by atoms with E-state index >= 15 is 0 Å². The number of hydrogen-bond acceptors (Lipinski definition) is 3. The lowest BCUT2D eigenvalue weighted by atomic mass is 10.0. The third-order valence-corrected chi connectivity index (χ3v) is 6.21. The van der Waals surface area contributed by atoms with Crippen LogP contribution in [0.1, 0.15) is 28.5 Å². The quantitative estimate of drug-likeness (QED) is 0.466. The summed E-state index contributed by atoms with van der Waals surface area (Å²) in [7, 11) is -1.59. The largest absolute Gasteiger partial charge is 0.331 e. The molecule has 1 amide bonds. The lowest BCUT2D eigenvalue weighted by Gasteiger charge is -2.13. The second-order valence-electron chi connectivity index (χ2n) is 7.40. The molecule has 2 aromatic heterocycles. The van der Waals surface area contributed by atoms with E-state index in [4.69, 9.17) is 0 Å². The average Bonchev–Trinajstić information content (AvgIpc) is 3.08. The van der Waals surface area contributed by atoms with E-state index in [0.29, 0.717) is 27.6 Å². The molecule has 2 N–H and O–H groups in total. The normalized spacial score (nSPS) is 12.1. The number of rotatable bonds is 6. The maximum atomic E-state index is 14.5. The van der Waals surface area contributed by atoms with Crippen molar-refractivity contribution in [2.24, 2.45) is 0 Å². The summed E-state index contributed by atoms with van der Waals surface area (Å²) in [6.07, 6.45) is 1.52. The van der Waals surface area contributed by atoms with Crippen molar-refractivity contribution in [1.29, 1.82) is 0 Å². The Balaban J connectivity index is 2.07. The molecule has 2 aromatic carbocycles. The zero-order chi connectivity index (χ0) is 22.8. The predicted molar refractivity (Wildman–Crippen MR) is 124 cm³/mol. The number of halogens is 1. The minimum Gasteiger partial charge on any atom is -0.331 e. The molecule has 8 heteroatoms. The molecule has 0 aliphatic carbocycles. The number of nitrogens with one attached hydrogen (secondary N) is 2. The third kappa shape index (κ3) is 4.01. The lowest BCUT2D eigenvalue weighted by molar-refractivity contribution is 0.0975. The van der Waals surface area contributed by atoms with Crippen LogP contribution in [-0.2, 0) is 17.5 Å². The van der Waals surface area contributed by atoms with Gasteiger partial charge in [-0.1, -0.05) is 36.8 Å².